The van der Waals surface area contributed by atoms with Crippen molar-refractivity contribution in [2.75, 3.05) is 42.7 Å². The Morgan fingerprint density at radius 1 is 1.05 bits per heavy atom. The summed E-state index contributed by atoms with van der Waals surface area (Å²) in [7, 11) is 0. The summed E-state index contributed by atoms with van der Waals surface area (Å²) in [5.41, 5.74) is 2.58. The van der Waals surface area contributed by atoms with Gasteiger partial charge in [0.2, 0.25) is 0 Å². The minimum Gasteiger partial charge on any atom is -0.396 e. The van der Waals surface area contributed by atoms with Crippen LogP contribution >= 0.6 is 0 Å². The van der Waals surface area contributed by atoms with E-state index in [0.717, 1.165) is 0 Å². The summed E-state index contributed by atoms with van der Waals surface area (Å²) in [6.45, 7) is -0.285. The minimum atomic E-state index is -1.25. The van der Waals surface area contributed by atoms with E-state index in [9.17, 15) is 18.9 Å². The molecule has 0 aromatic heterocycles. The van der Waals surface area contributed by atoms with Crippen LogP contribution in [0.4, 0.5) is 31.5 Å². The fourth-order valence-corrected chi connectivity index (χ4v) is 1.79. The molecule has 0 fully saturated rings. The molecule has 0 aliphatic heterocycles. The maximum atomic E-state index is 14.0. The highest BCUT2D eigenvalue weighted by Crippen LogP contribution is 2.41. The van der Waals surface area contributed by atoms with Gasteiger partial charge in [-0.05, 0) is 12.8 Å². The van der Waals surface area contributed by atoms with Gasteiger partial charge in [0.05, 0.1) is 4.92 Å². The molecule has 0 heterocycles. The highest BCUT2D eigenvalue weighted by Gasteiger charge is 2.30. The normalized spacial score (nSPS) is 10.5. The number of nitro benzene ring substituents is 1. The van der Waals surface area contributed by atoms with E-state index in [2.05, 4.69) is 10.6 Å². The second-order valence-corrected chi connectivity index (χ2v) is 4.41. The highest BCUT2D eigenvalue weighted by molar-refractivity contribution is 5.82. The molecule has 0 unspecified atom stereocenters. The van der Waals surface area contributed by atoms with E-state index >= 15 is 0 Å². The van der Waals surface area contributed by atoms with Gasteiger partial charge in [-0.2, -0.15) is 0 Å². The molecule has 1 aromatic carbocycles. The van der Waals surface area contributed by atoms with Crippen molar-refractivity contribution < 1.29 is 23.9 Å². The average molecular weight is 320 g/mol. The van der Waals surface area contributed by atoms with E-state index < -0.39 is 39.3 Å². The largest absolute Gasteiger partial charge is 0.396 e. The number of rotatable bonds is 9. The summed E-state index contributed by atoms with van der Waals surface area (Å²) in [4.78, 5) is 10.3. The van der Waals surface area contributed by atoms with Crippen molar-refractivity contribution in [3.8, 4) is 0 Å². The summed E-state index contributed by atoms with van der Waals surface area (Å²) in [5, 5.41) is 33.5. The first-order valence-corrected chi connectivity index (χ1v) is 6.59. The molecule has 0 aliphatic rings. The van der Waals surface area contributed by atoms with Crippen LogP contribution < -0.4 is 16.4 Å². The standard InChI is InChI=1S/C12H18F2N4O4/c13-7-9(15)8(14)11(17-4-2-6-20)12(18(21)22)10(7)16-3-1-5-19/h16-17,19-20H,1-6,15H2. The Morgan fingerprint density at radius 2 is 1.45 bits per heavy atom. The van der Waals surface area contributed by atoms with Crippen molar-refractivity contribution in [3.63, 3.8) is 0 Å². The average Bonchev–Trinajstić information content (AvgIpc) is 2.48. The number of nitro groups is 1. The second kappa shape index (κ2) is 8.29. The third-order valence-corrected chi connectivity index (χ3v) is 2.84. The maximum absolute atomic E-state index is 14.0. The van der Waals surface area contributed by atoms with Gasteiger partial charge in [-0.25, -0.2) is 8.78 Å². The van der Waals surface area contributed by atoms with Crippen molar-refractivity contribution >= 4 is 22.7 Å². The number of hydrogen-bond acceptors (Lipinski definition) is 7. The van der Waals surface area contributed by atoms with Gasteiger partial charge in [0.15, 0.2) is 23.0 Å². The van der Waals surface area contributed by atoms with Crippen molar-refractivity contribution in [3.05, 3.63) is 21.7 Å². The van der Waals surface area contributed by atoms with Crippen LogP contribution in [-0.2, 0) is 0 Å². The Morgan fingerprint density at radius 3 is 1.77 bits per heavy atom. The monoisotopic (exact) mass is 320 g/mol. The van der Waals surface area contributed by atoms with Crippen molar-refractivity contribution in [2.45, 2.75) is 12.8 Å². The zero-order valence-electron chi connectivity index (χ0n) is 11.7. The molecule has 0 radical (unpaired) electrons. The Hall–Kier alpha value is -2.20. The number of aliphatic hydroxyl groups is 2. The van der Waals surface area contributed by atoms with Crippen molar-refractivity contribution in [2.24, 2.45) is 0 Å². The number of aliphatic hydroxyl groups excluding tert-OH is 2. The lowest BCUT2D eigenvalue weighted by atomic mass is 10.1. The molecule has 0 saturated heterocycles. The zero-order chi connectivity index (χ0) is 16.7. The topological polar surface area (TPSA) is 134 Å². The first-order chi connectivity index (χ1) is 10.5. The Bertz CT molecular complexity index is 505. The maximum Gasteiger partial charge on any atom is 0.321 e. The summed E-state index contributed by atoms with van der Waals surface area (Å²) in [6.07, 6.45) is 0.447. The molecule has 0 spiro atoms. The Kier molecular flexibility index (Phi) is 6.73. The van der Waals surface area contributed by atoms with Crippen LogP contribution in [0, 0.1) is 21.7 Å². The molecule has 10 heteroatoms. The van der Waals surface area contributed by atoms with Gasteiger partial charge in [-0.3, -0.25) is 10.1 Å². The molecule has 0 saturated carbocycles. The fraction of sp³-hybridized carbons (Fsp3) is 0.500. The molecule has 1 aromatic rings. The summed E-state index contributed by atoms with van der Waals surface area (Å²) >= 11 is 0. The van der Waals surface area contributed by atoms with Crippen LogP contribution in [-0.4, -0.2) is 41.4 Å². The van der Waals surface area contributed by atoms with Crippen LogP contribution in [0.1, 0.15) is 12.8 Å². The number of hydrogen-bond donors (Lipinski definition) is 5. The first kappa shape index (κ1) is 17.9. The molecule has 8 nitrogen and oxygen atoms in total. The lowest BCUT2D eigenvalue weighted by Crippen LogP contribution is -2.15. The molecular weight excluding hydrogens is 302 g/mol. The van der Waals surface area contributed by atoms with Gasteiger partial charge in [-0.1, -0.05) is 0 Å². The third-order valence-electron chi connectivity index (χ3n) is 2.84. The second-order valence-electron chi connectivity index (χ2n) is 4.41. The van der Waals surface area contributed by atoms with Gasteiger partial charge in [0.25, 0.3) is 0 Å². The number of nitrogens with one attached hydrogen (secondary N) is 2. The first-order valence-electron chi connectivity index (χ1n) is 6.59. The highest BCUT2D eigenvalue weighted by atomic mass is 19.1. The van der Waals surface area contributed by atoms with Gasteiger partial charge in [-0.15, -0.1) is 0 Å². The molecule has 124 valence electrons. The van der Waals surface area contributed by atoms with Crippen LogP contribution in [0.2, 0.25) is 0 Å². The van der Waals surface area contributed by atoms with Crippen LogP contribution in [0.15, 0.2) is 0 Å². The number of nitrogen functional groups attached to an aromatic ring is 1. The molecule has 0 bridgehead atoms. The minimum absolute atomic E-state index is 0.0510. The van der Waals surface area contributed by atoms with Gasteiger partial charge < -0.3 is 26.6 Å². The van der Waals surface area contributed by atoms with E-state index in [1.54, 1.807) is 0 Å². The van der Waals surface area contributed by atoms with Crippen LogP contribution in [0.5, 0.6) is 0 Å². The van der Waals surface area contributed by atoms with Crippen molar-refractivity contribution in [1.82, 2.24) is 0 Å². The molecule has 6 N–H and O–H groups in total. The van der Waals surface area contributed by atoms with Crippen molar-refractivity contribution in [1.29, 1.82) is 0 Å². The summed E-state index contributed by atoms with van der Waals surface area (Å²) < 4.78 is 28.0. The zero-order valence-corrected chi connectivity index (χ0v) is 11.7. The third kappa shape index (κ3) is 3.92. The van der Waals surface area contributed by atoms with Gasteiger partial charge >= 0.3 is 5.69 Å². The molecule has 0 amide bonds. The Labute approximate surface area is 125 Å². The molecule has 22 heavy (non-hydrogen) atoms. The van der Waals surface area contributed by atoms with Crippen LogP contribution in [0.25, 0.3) is 0 Å². The van der Waals surface area contributed by atoms with E-state index in [1.807, 2.05) is 0 Å². The van der Waals surface area contributed by atoms with E-state index in [4.69, 9.17) is 15.9 Å². The molecule has 0 atom stereocenters. The SMILES string of the molecule is Nc1c(F)c(NCCCO)c([N+](=O)[O-])c(NCCCO)c1F. The number of halogens is 2. The predicted octanol–water partition coefficient (Wildman–Crippen LogP) is 1.04. The van der Waals surface area contributed by atoms with Gasteiger partial charge in [0.1, 0.15) is 5.69 Å². The number of anilines is 3. The van der Waals surface area contributed by atoms with E-state index in [1.165, 1.54) is 0 Å². The van der Waals surface area contributed by atoms with Gasteiger partial charge in [0, 0.05) is 26.3 Å². The molecular formula is C12H18F2N4O4. The smallest absolute Gasteiger partial charge is 0.321 e. The summed E-state index contributed by atoms with van der Waals surface area (Å²) in [5.74, 6) is -2.51. The fourth-order valence-electron chi connectivity index (χ4n) is 1.79. The lowest BCUT2D eigenvalue weighted by molar-refractivity contribution is -0.383. The Balaban J connectivity index is 3.30. The predicted molar refractivity (Wildman–Crippen MR) is 77.8 cm³/mol. The quantitative estimate of drug-likeness (QED) is 0.199. The summed E-state index contributed by atoms with van der Waals surface area (Å²) in [6, 6.07) is 0. The lowest BCUT2D eigenvalue weighted by Gasteiger charge is -2.15. The van der Waals surface area contributed by atoms with Crippen LogP contribution in [0.3, 0.4) is 0 Å². The molecule has 0 aliphatic carbocycles. The molecule has 1 rings (SSSR count). The van der Waals surface area contributed by atoms with E-state index in [-0.39, 0.29) is 39.1 Å². The number of benzene rings is 1. The number of nitrogens with zero attached hydrogens (tertiary/aromatic N) is 1. The van der Waals surface area contributed by atoms with E-state index in [0.29, 0.717) is 0 Å². The number of nitrogens with two attached hydrogens (primary N) is 1.